The molecule has 1 N–H and O–H groups in total. The lowest BCUT2D eigenvalue weighted by atomic mass is 10.1. The van der Waals surface area contributed by atoms with E-state index in [0.717, 1.165) is 16.3 Å². The number of amides is 1. The Hall–Kier alpha value is -2.52. The molecule has 0 atom stereocenters. The molecule has 0 aliphatic rings. The number of rotatable bonds is 4. The Morgan fingerprint density at radius 2 is 1.87 bits per heavy atom. The standard InChI is InChI=1S/C19H16ClNO2/c1-13-9-10-15(20)11-17(13)21-19(22)12-23-18-8-4-6-14-5-2-3-7-16(14)18/h2-11H,12H2,1H3,(H,21,22). The Bertz CT molecular complexity index is 856. The lowest BCUT2D eigenvalue weighted by molar-refractivity contribution is -0.118. The quantitative estimate of drug-likeness (QED) is 0.747. The van der Waals surface area contributed by atoms with Crippen molar-refractivity contribution >= 4 is 34.0 Å². The van der Waals surface area contributed by atoms with Gasteiger partial charge in [0.2, 0.25) is 0 Å². The van der Waals surface area contributed by atoms with Crippen LogP contribution in [0.15, 0.2) is 60.7 Å². The first-order chi connectivity index (χ1) is 11.1. The van der Waals surface area contributed by atoms with Crippen LogP contribution in [0.4, 0.5) is 5.69 Å². The number of carbonyl (C=O) groups excluding carboxylic acids is 1. The van der Waals surface area contributed by atoms with E-state index in [4.69, 9.17) is 16.3 Å². The van der Waals surface area contributed by atoms with Gasteiger partial charge >= 0.3 is 0 Å². The minimum Gasteiger partial charge on any atom is -0.483 e. The number of ether oxygens (including phenoxy) is 1. The van der Waals surface area contributed by atoms with Crippen LogP contribution in [-0.4, -0.2) is 12.5 Å². The molecule has 0 heterocycles. The molecule has 0 aliphatic heterocycles. The molecule has 3 aromatic carbocycles. The third kappa shape index (κ3) is 3.63. The normalized spacial score (nSPS) is 10.5. The maximum absolute atomic E-state index is 12.1. The van der Waals surface area contributed by atoms with E-state index in [0.29, 0.717) is 16.5 Å². The molecule has 0 fully saturated rings. The Labute approximate surface area is 139 Å². The number of halogens is 1. The van der Waals surface area contributed by atoms with Crippen molar-refractivity contribution in [2.45, 2.75) is 6.92 Å². The predicted octanol–water partition coefficient (Wildman–Crippen LogP) is 4.82. The lowest BCUT2D eigenvalue weighted by Gasteiger charge is -2.11. The average Bonchev–Trinajstić information content (AvgIpc) is 2.56. The van der Waals surface area contributed by atoms with Crippen LogP contribution in [-0.2, 0) is 4.79 Å². The summed E-state index contributed by atoms with van der Waals surface area (Å²) in [5.41, 5.74) is 1.65. The van der Waals surface area contributed by atoms with Crippen LogP contribution in [0.2, 0.25) is 5.02 Å². The number of anilines is 1. The summed E-state index contributed by atoms with van der Waals surface area (Å²) in [6.45, 7) is 1.86. The third-order valence-electron chi connectivity index (χ3n) is 3.58. The Balaban J connectivity index is 1.70. The van der Waals surface area contributed by atoms with Crippen molar-refractivity contribution in [2.24, 2.45) is 0 Å². The molecule has 0 aliphatic carbocycles. The number of fused-ring (bicyclic) bond motifs is 1. The van der Waals surface area contributed by atoms with E-state index in [-0.39, 0.29) is 12.5 Å². The van der Waals surface area contributed by atoms with E-state index in [1.165, 1.54) is 0 Å². The maximum atomic E-state index is 12.1. The third-order valence-corrected chi connectivity index (χ3v) is 3.82. The van der Waals surface area contributed by atoms with Gasteiger partial charge in [-0.3, -0.25) is 4.79 Å². The molecule has 0 saturated heterocycles. The van der Waals surface area contributed by atoms with Gasteiger partial charge < -0.3 is 10.1 Å². The van der Waals surface area contributed by atoms with Crippen LogP contribution in [0.3, 0.4) is 0 Å². The van der Waals surface area contributed by atoms with Crippen LogP contribution in [0.25, 0.3) is 10.8 Å². The van der Waals surface area contributed by atoms with Gasteiger partial charge in [-0.1, -0.05) is 54.1 Å². The van der Waals surface area contributed by atoms with Gasteiger partial charge in [0.05, 0.1) is 0 Å². The fraction of sp³-hybridized carbons (Fsp3) is 0.105. The summed E-state index contributed by atoms with van der Waals surface area (Å²) in [6.07, 6.45) is 0. The van der Waals surface area contributed by atoms with Crippen molar-refractivity contribution in [3.05, 3.63) is 71.2 Å². The molecule has 3 nitrogen and oxygen atoms in total. The van der Waals surface area contributed by atoms with Gasteiger partial charge in [-0.2, -0.15) is 0 Å². The minimum absolute atomic E-state index is 0.0556. The van der Waals surface area contributed by atoms with Gasteiger partial charge in [0.25, 0.3) is 5.91 Å². The van der Waals surface area contributed by atoms with E-state index in [2.05, 4.69) is 5.32 Å². The zero-order valence-corrected chi connectivity index (χ0v) is 13.4. The Morgan fingerprint density at radius 1 is 1.09 bits per heavy atom. The SMILES string of the molecule is Cc1ccc(Cl)cc1NC(=O)COc1cccc2ccccc12. The van der Waals surface area contributed by atoms with E-state index in [1.54, 1.807) is 12.1 Å². The van der Waals surface area contributed by atoms with Crippen molar-refractivity contribution in [3.63, 3.8) is 0 Å². The highest BCUT2D eigenvalue weighted by Gasteiger charge is 2.08. The van der Waals surface area contributed by atoms with E-state index in [1.807, 2.05) is 55.5 Å². The first-order valence-corrected chi connectivity index (χ1v) is 7.68. The molecule has 4 heteroatoms. The van der Waals surface area contributed by atoms with Crippen LogP contribution in [0, 0.1) is 6.92 Å². The number of aryl methyl sites for hydroxylation is 1. The smallest absolute Gasteiger partial charge is 0.262 e. The maximum Gasteiger partial charge on any atom is 0.262 e. The summed E-state index contributed by atoms with van der Waals surface area (Å²) < 4.78 is 5.68. The number of benzene rings is 3. The highest BCUT2D eigenvalue weighted by atomic mass is 35.5. The fourth-order valence-corrected chi connectivity index (χ4v) is 2.55. The second-order valence-electron chi connectivity index (χ2n) is 5.27. The van der Waals surface area contributed by atoms with Gasteiger partial charge in [-0.15, -0.1) is 0 Å². The fourth-order valence-electron chi connectivity index (χ4n) is 2.38. The van der Waals surface area contributed by atoms with Crippen LogP contribution in [0.5, 0.6) is 5.75 Å². The highest BCUT2D eigenvalue weighted by molar-refractivity contribution is 6.31. The first-order valence-electron chi connectivity index (χ1n) is 7.30. The molecule has 0 unspecified atom stereocenters. The van der Waals surface area contributed by atoms with E-state index >= 15 is 0 Å². The second-order valence-corrected chi connectivity index (χ2v) is 5.71. The molecule has 0 saturated carbocycles. The molecular formula is C19H16ClNO2. The summed E-state index contributed by atoms with van der Waals surface area (Å²) in [5.74, 6) is 0.476. The Kier molecular flexibility index (Phi) is 4.49. The molecule has 23 heavy (non-hydrogen) atoms. The molecular weight excluding hydrogens is 310 g/mol. The summed E-state index contributed by atoms with van der Waals surface area (Å²) in [7, 11) is 0. The molecule has 0 spiro atoms. The van der Waals surface area contributed by atoms with Gasteiger partial charge in [0.15, 0.2) is 6.61 Å². The lowest BCUT2D eigenvalue weighted by Crippen LogP contribution is -2.20. The van der Waals surface area contributed by atoms with Crippen molar-refractivity contribution in [3.8, 4) is 5.75 Å². The summed E-state index contributed by atoms with van der Waals surface area (Å²) in [6, 6.07) is 19.1. The zero-order valence-electron chi connectivity index (χ0n) is 12.7. The van der Waals surface area contributed by atoms with Crippen molar-refractivity contribution in [1.82, 2.24) is 0 Å². The van der Waals surface area contributed by atoms with Crippen LogP contribution in [0.1, 0.15) is 5.56 Å². The topological polar surface area (TPSA) is 38.3 Å². The van der Waals surface area contributed by atoms with Gasteiger partial charge in [0.1, 0.15) is 5.75 Å². The average molecular weight is 326 g/mol. The van der Waals surface area contributed by atoms with E-state index < -0.39 is 0 Å². The summed E-state index contributed by atoms with van der Waals surface area (Å²) >= 11 is 5.96. The Morgan fingerprint density at radius 3 is 2.74 bits per heavy atom. The number of hydrogen-bond donors (Lipinski definition) is 1. The van der Waals surface area contributed by atoms with Crippen molar-refractivity contribution in [1.29, 1.82) is 0 Å². The van der Waals surface area contributed by atoms with Crippen molar-refractivity contribution in [2.75, 3.05) is 11.9 Å². The molecule has 0 bridgehead atoms. The van der Waals surface area contributed by atoms with Crippen LogP contribution < -0.4 is 10.1 Å². The molecule has 3 aromatic rings. The highest BCUT2D eigenvalue weighted by Crippen LogP contribution is 2.25. The number of nitrogens with one attached hydrogen (secondary N) is 1. The van der Waals surface area contributed by atoms with Crippen LogP contribution >= 0.6 is 11.6 Å². The van der Waals surface area contributed by atoms with Crippen molar-refractivity contribution < 1.29 is 9.53 Å². The minimum atomic E-state index is -0.219. The molecule has 0 radical (unpaired) electrons. The van der Waals surface area contributed by atoms with Gasteiger partial charge in [-0.25, -0.2) is 0 Å². The molecule has 0 aromatic heterocycles. The predicted molar refractivity (Wildman–Crippen MR) is 94.3 cm³/mol. The second kappa shape index (κ2) is 6.71. The number of carbonyl (C=O) groups is 1. The largest absolute Gasteiger partial charge is 0.483 e. The first kappa shape index (κ1) is 15.4. The summed E-state index contributed by atoms with van der Waals surface area (Å²) in [5, 5.41) is 5.47. The molecule has 1 amide bonds. The molecule has 3 rings (SSSR count). The summed E-state index contributed by atoms with van der Waals surface area (Å²) in [4.78, 5) is 12.1. The van der Waals surface area contributed by atoms with Gasteiger partial charge in [-0.05, 0) is 36.1 Å². The number of hydrogen-bond acceptors (Lipinski definition) is 2. The zero-order chi connectivity index (χ0) is 16.2. The monoisotopic (exact) mass is 325 g/mol. The van der Waals surface area contributed by atoms with E-state index in [9.17, 15) is 4.79 Å². The van der Waals surface area contributed by atoms with Gasteiger partial charge in [0, 0.05) is 16.1 Å². The molecule has 116 valence electrons.